The molecule has 0 aliphatic rings. The largest absolute Gasteiger partial charge is 0.337 e. The molecule has 0 radical (unpaired) electrons. The van der Waals surface area contributed by atoms with E-state index in [2.05, 4.69) is 24.3 Å². The molecule has 0 unspecified atom stereocenters. The fourth-order valence-corrected chi connectivity index (χ4v) is 2.65. The molecule has 0 heterocycles. The highest BCUT2D eigenvalue weighted by atomic mass is 32.2. The summed E-state index contributed by atoms with van der Waals surface area (Å²) in [6.07, 6.45) is 2.86. The first-order valence-electron chi connectivity index (χ1n) is 7.14. The van der Waals surface area contributed by atoms with Gasteiger partial charge in [-0.1, -0.05) is 60.7 Å². The maximum absolute atomic E-state index is 12.3. The van der Waals surface area contributed by atoms with E-state index in [1.54, 1.807) is 11.8 Å². The highest BCUT2D eigenvalue weighted by molar-refractivity contribution is 7.99. The van der Waals surface area contributed by atoms with E-state index in [9.17, 15) is 4.79 Å². The standard InChI is InChI=1S/C18H21NOS/c1-21-15-18(20)19(14-17-10-6-3-7-11-17)13-12-16-8-4-2-5-9-16/h2-11H,12-15H2,1H3. The van der Waals surface area contributed by atoms with Gasteiger partial charge in [0.1, 0.15) is 0 Å². The van der Waals surface area contributed by atoms with Crippen molar-refractivity contribution in [1.82, 2.24) is 4.90 Å². The van der Waals surface area contributed by atoms with Crippen LogP contribution in [0.5, 0.6) is 0 Å². The maximum atomic E-state index is 12.3. The molecule has 0 aromatic heterocycles. The van der Waals surface area contributed by atoms with Crippen molar-refractivity contribution in [1.29, 1.82) is 0 Å². The third-order valence-corrected chi connectivity index (χ3v) is 3.89. The average molecular weight is 299 g/mol. The van der Waals surface area contributed by atoms with E-state index in [4.69, 9.17) is 0 Å². The Labute approximate surface area is 131 Å². The first-order valence-corrected chi connectivity index (χ1v) is 8.53. The lowest BCUT2D eigenvalue weighted by atomic mass is 10.1. The van der Waals surface area contributed by atoms with Crippen molar-refractivity contribution in [3.63, 3.8) is 0 Å². The normalized spacial score (nSPS) is 10.3. The highest BCUT2D eigenvalue weighted by Crippen LogP contribution is 2.09. The molecule has 1 amide bonds. The Morgan fingerprint density at radius 3 is 2.10 bits per heavy atom. The summed E-state index contributed by atoms with van der Waals surface area (Å²) in [7, 11) is 0. The van der Waals surface area contributed by atoms with Crippen molar-refractivity contribution in [2.75, 3.05) is 18.6 Å². The van der Waals surface area contributed by atoms with Gasteiger partial charge in [0.15, 0.2) is 0 Å². The summed E-state index contributed by atoms with van der Waals surface area (Å²) in [6, 6.07) is 20.5. The van der Waals surface area contributed by atoms with Gasteiger partial charge in [-0.3, -0.25) is 4.79 Å². The van der Waals surface area contributed by atoms with Crippen LogP contribution in [0.25, 0.3) is 0 Å². The third-order valence-electron chi connectivity index (χ3n) is 3.35. The summed E-state index contributed by atoms with van der Waals surface area (Å²) >= 11 is 1.58. The van der Waals surface area contributed by atoms with Gasteiger partial charge in [0.2, 0.25) is 5.91 Å². The molecule has 2 rings (SSSR count). The van der Waals surface area contributed by atoms with Gasteiger partial charge >= 0.3 is 0 Å². The average Bonchev–Trinajstić information content (AvgIpc) is 2.53. The third kappa shape index (κ3) is 5.27. The topological polar surface area (TPSA) is 20.3 Å². The lowest BCUT2D eigenvalue weighted by Crippen LogP contribution is -2.33. The summed E-state index contributed by atoms with van der Waals surface area (Å²) < 4.78 is 0. The molecule has 0 atom stereocenters. The SMILES string of the molecule is CSCC(=O)N(CCc1ccccc1)Cc1ccccc1. The summed E-state index contributed by atoms with van der Waals surface area (Å²) in [5.74, 6) is 0.754. The number of carbonyl (C=O) groups excluding carboxylic acids is 1. The highest BCUT2D eigenvalue weighted by Gasteiger charge is 2.13. The van der Waals surface area contributed by atoms with Crippen LogP contribution >= 0.6 is 11.8 Å². The minimum Gasteiger partial charge on any atom is -0.337 e. The molecule has 2 aromatic rings. The second-order valence-corrected chi connectivity index (χ2v) is 5.84. The van der Waals surface area contributed by atoms with E-state index in [0.717, 1.165) is 13.0 Å². The van der Waals surface area contributed by atoms with Crippen molar-refractivity contribution in [2.24, 2.45) is 0 Å². The number of hydrogen-bond donors (Lipinski definition) is 0. The van der Waals surface area contributed by atoms with Gasteiger partial charge in [0, 0.05) is 13.1 Å². The zero-order chi connectivity index (χ0) is 14.9. The number of nitrogens with zero attached hydrogens (tertiary/aromatic N) is 1. The van der Waals surface area contributed by atoms with Crippen molar-refractivity contribution in [2.45, 2.75) is 13.0 Å². The fraction of sp³-hybridized carbons (Fsp3) is 0.278. The van der Waals surface area contributed by atoms with Crippen LogP contribution in [0.15, 0.2) is 60.7 Å². The Morgan fingerprint density at radius 1 is 0.952 bits per heavy atom. The Balaban J connectivity index is 2.00. The summed E-state index contributed by atoms with van der Waals surface area (Å²) in [4.78, 5) is 14.2. The van der Waals surface area contributed by atoms with Gasteiger partial charge in [-0.2, -0.15) is 11.8 Å². The number of amides is 1. The smallest absolute Gasteiger partial charge is 0.232 e. The van der Waals surface area contributed by atoms with Crippen LogP contribution in [-0.2, 0) is 17.8 Å². The minimum absolute atomic E-state index is 0.210. The lowest BCUT2D eigenvalue weighted by Gasteiger charge is -2.22. The predicted octanol–water partition coefficient (Wildman–Crippen LogP) is 3.62. The Morgan fingerprint density at radius 2 is 1.52 bits per heavy atom. The Bertz CT molecular complexity index is 542. The molecule has 2 nitrogen and oxygen atoms in total. The zero-order valence-electron chi connectivity index (χ0n) is 12.4. The van der Waals surface area contributed by atoms with Crippen molar-refractivity contribution in [3.05, 3.63) is 71.8 Å². The first-order chi connectivity index (χ1) is 10.3. The van der Waals surface area contributed by atoms with E-state index < -0.39 is 0 Å². The van der Waals surface area contributed by atoms with Gasteiger partial charge in [-0.25, -0.2) is 0 Å². The van der Waals surface area contributed by atoms with Crippen LogP contribution in [0.1, 0.15) is 11.1 Å². The number of benzene rings is 2. The zero-order valence-corrected chi connectivity index (χ0v) is 13.2. The van der Waals surface area contributed by atoms with E-state index in [-0.39, 0.29) is 5.91 Å². The predicted molar refractivity (Wildman–Crippen MR) is 90.4 cm³/mol. The maximum Gasteiger partial charge on any atom is 0.232 e. The Hall–Kier alpha value is -1.74. The second-order valence-electron chi connectivity index (χ2n) is 4.97. The first kappa shape index (κ1) is 15.6. The lowest BCUT2D eigenvalue weighted by molar-refractivity contribution is -0.128. The van der Waals surface area contributed by atoms with Gasteiger partial charge in [0.25, 0.3) is 0 Å². The summed E-state index contributed by atoms with van der Waals surface area (Å²) in [5.41, 5.74) is 2.45. The van der Waals surface area contributed by atoms with Crippen LogP contribution in [0, 0.1) is 0 Å². The molecule has 110 valence electrons. The fourth-order valence-electron chi connectivity index (χ4n) is 2.22. The molecule has 2 aromatic carbocycles. The summed E-state index contributed by atoms with van der Waals surface area (Å²) in [5, 5.41) is 0. The minimum atomic E-state index is 0.210. The van der Waals surface area contributed by atoms with Gasteiger partial charge < -0.3 is 4.90 Å². The molecule has 0 saturated carbocycles. The molecule has 0 spiro atoms. The molecule has 0 fully saturated rings. The number of thioether (sulfide) groups is 1. The van der Waals surface area contributed by atoms with E-state index in [1.807, 2.05) is 47.6 Å². The number of carbonyl (C=O) groups is 1. The summed E-state index contributed by atoms with van der Waals surface area (Å²) in [6.45, 7) is 1.45. The molecule has 0 N–H and O–H groups in total. The monoisotopic (exact) mass is 299 g/mol. The number of hydrogen-bond acceptors (Lipinski definition) is 2. The van der Waals surface area contributed by atoms with Crippen LogP contribution < -0.4 is 0 Å². The number of rotatable bonds is 7. The van der Waals surface area contributed by atoms with Crippen molar-refractivity contribution in [3.8, 4) is 0 Å². The van der Waals surface area contributed by atoms with Gasteiger partial charge in [-0.05, 0) is 23.8 Å². The van der Waals surface area contributed by atoms with E-state index in [0.29, 0.717) is 12.3 Å². The molecule has 0 saturated heterocycles. The van der Waals surface area contributed by atoms with Crippen LogP contribution in [0.2, 0.25) is 0 Å². The quantitative estimate of drug-likeness (QED) is 0.778. The van der Waals surface area contributed by atoms with E-state index in [1.165, 1.54) is 11.1 Å². The van der Waals surface area contributed by atoms with Gasteiger partial charge in [0.05, 0.1) is 5.75 Å². The second kappa shape index (κ2) is 8.53. The molecular formula is C18H21NOS. The molecular weight excluding hydrogens is 278 g/mol. The molecule has 0 bridgehead atoms. The van der Waals surface area contributed by atoms with Crippen molar-refractivity contribution >= 4 is 17.7 Å². The Kier molecular flexibility index (Phi) is 6.35. The van der Waals surface area contributed by atoms with Crippen LogP contribution in [0.4, 0.5) is 0 Å². The van der Waals surface area contributed by atoms with Gasteiger partial charge in [-0.15, -0.1) is 0 Å². The molecule has 0 aliphatic heterocycles. The molecule has 21 heavy (non-hydrogen) atoms. The van der Waals surface area contributed by atoms with Crippen LogP contribution in [0.3, 0.4) is 0 Å². The van der Waals surface area contributed by atoms with Crippen LogP contribution in [-0.4, -0.2) is 29.4 Å². The molecule has 0 aliphatic carbocycles. The molecule has 3 heteroatoms. The van der Waals surface area contributed by atoms with E-state index >= 15 is 0 Å². The van der Waals surface area contributed by atoms with Crippen molar-refractivity contribution < 1.29 is 4.79 Å².